The van der Waals surface area contributed by atoms with E-state index in [4.69, 9.17) is 9.97 Å². The van der Waals surface area contributed by atoms with Gasteiger partial charge in [0.1, 0.15) is 11.0 Å². The smallest absolute Gasteiger partial charge is 0.117 e. The lowest BCUT2D eigenvalue weighted by molar-refractivity contribution is 0.237. The summed E-state index contributed by atoms with van der Waals surface area (Å²) in [5.74, 6) is 0. The van der Waals surface area contributed by atoms with Crippen LogP contribution in [0, 0.1) is 6.92 Å². The summed E-state index contributed by atoms with van der Waals surface area (Å²) >= 11 is 1.79. The van der Waals surface area contributed by atoms with E-state index in [0.717, 1.165) is 48.8 Å². The highest BCUT2D eigenvalue weighted by molar-refractivity contribution is 7.18. The van der Waals surface area contributed by atoms with E-state index < -0.39 is 0 Å². The van der Waals surface area contributed by atoms with Crippen molar-refractivity contribution in [3.63, 3.8) is 0 Å². The molecular formula is C19H22N4S. The van der Waals surface area contributed by atoms with Crippen LogP contribution in [0.1, 0.15) is 28.7 Å². The molecule has 1 aromatic carbocycles. The topological polar surface area (TPSA) is 41.1 Å². The number of benzene rings is 1. The number of rotatable bonds is 3. The van der Waals surface area contributed by atoms with Crippen molar-refractivity contribution in [3.8, 4) is 0 Å². The summed E-state index contributed by atoms with van der Waals surface area (Å²) in [4.78, 5) is 12.2. The third-order valence-corrected chi connectivity index (χ3v) is 5.59. The Labute approximate surface area is 146 Å². The van der Waals surface area contributed by atoms with Gasteiger partial charge in [-0.3, -0.25) is 9.88 Å². The Bertz CT molecular complexity index is 771. The summed E-state index contributed by atoms with van der Waals surface area (Å²) in [6.07, 6.45) is 3.12. The van der Waals surface area contributed by atoms with Crippen LogP contribution in [0.2, 0.25) is 0 Å². The highest BCUT2D eigenvalue weighted by Crippen LogP contribution is 2.33. The monoisotopic (exact) mass is 338 g/mol. The molecule has 1 unspecified atom stereocenters. The van der Waals surface area contributed by atoms with Crippen molar-refractivity contribution < 1.29 is 0 Å². The van der Waals surface area contributed by atoms with E-state index in [-0.39, 0.29) is 6.04 Å². The summed E-state index contributed by atoms with van der Waals surface area (Å²) in [7, 11) is 0. The van der Waals surface area contributed by atoms with Gasteiger partial charge in [-0.2, -0.15) is 0 Å². The van der Waals surface area contributed by atoms with Crippen molar-refractivity contribution in [1.82, 2.24) is 20.2 Å². The average Bonchev–Trinajstić information content (AvgIpc) is 2.84. The zero-order valence-corrected chi connectivity index (χ0v) is 14.7. The number of aromatic nitrogens is 2. The predicted molar refractivity (Wildman–Crippen MR) is 99.5 cm³/mol. The maximum Gasteiger partial charge on any atom is 0.117 e. The van der Waals surface area contributed by atoms with E-state index in [1.54, 1.807) is 11.3 Å². The molecule has 1 atom stereocenters. The fourth-order valence-electron chi connectivity index (χ4n) is 3.24. The number of nitrogens with one attached hydrogen (secondary N) is 1. The number of hydrogen-bond acceptors (Lipinski definition) is 5. The van der Waals surface area contributed by atoms with Crippen molar-refractivity contribution in [2.24, 2.45) is 0 Å². The van der Waals surface area contributed by atoms with Gasteiger partial charge in [0.15, 0.2) is 0 Å². The average molecular weight is 338 g/mol. The molecule has 1 N–H and O–H groups in total. The van der Waals surface area contributed by atoms with E-state index in [1.165, 1.54) is 10.3 Å². The SMILES string of the molecule is Cc1ccc(C(c2nc3ccccc3s2)N2CCCNCC2)nc1. The molecule has 0 saturated carbocycles. The molecule has 1 saturated heterocycles. The van der Waals surface area contributed by atoms with Crippen LogP contribution >= 0.6 is 11.3 Å². The molecule has 0 aliphatic carbocycles. The third-order valence-electron chi connectivity index (χ3n) is 4.50. The second-order valence-corrected chi connectivity index (χ2v) is 7.38. The Hall–Kier alpha value is -1.82. The van der Waals surface area contributed by atoms with Crippen LogP contribution in [-0.2, 0) is 0 Å². The Morgan fingerprint density at radius 1 is 1.12 bits per heavy atom. The van der Waals surface area contributed by atoms with Crippen LogP contribution in [0.15, 0.2) is 42.6 Å². The Morgan fingerprint density at radius 3 is 2.88 bits per heavy atom. The van der Waals surface area contributed by atoms with Gasteiger partial charge in [-0.25, -0.2) is 4.98 Å². The quantitative estimate of drug-likeness (QED) is 0.795. The maximum absolute atomic E-state index is 4.93. The zero-order valence-electron chi connectivity index (χ0n) is 13.9. The molecule has 124 valence electrons. The van der Waals surface area contributed by atoms with Crippen molar-refractivity contribution in [2.75, 3.05) is 26.2 Å². The van der Waals surface area contributed by atoms with Crippen LogP contribution in [0.25, 0.3) is 10.2 Å². The van der Waals surface area contributed by atoms with E-state index in [1.807, 2.05) is 6.20 Å². The van der Waals surface area contributed by atoms with Crippen LogP contribution in [0.5, 0.6) is 0 Å². The first-order chi connectivity index (χ1) is 11.8. The van der Waals surface area contributed by atoms with Crippen molar-refractivity contribution in [1.29, 1.82) is 0 Å². The zero-order chi connectivity index (χ0) is 16.4. The van der Waals surface area contributed by atoms with E-state index in [9.17, 15) is 0 Å². The number of aryl methyl sites for hydroxylation is 1. The lowest BCUT2D eigenvalue weighted by Gasteiger charge is -2.28. The summed E-state index contributed by atoms with van der Waals surface area (Å²) < 4.78 is 1.25. The van der Waals surface area contributed by atoms with Gasteiger partial charge in [0, 0.05) is 25.8 Å². The number of para-hydroxylation sites is 1. The number of fused-ring (bicyclic) bond motifs is 1. The first kappa shape index (κ1) is 15.7. The number of pyridine rings is 1. The Balaban J connectivity index is 1.77. The normalized spacial score (nSPS) is 17.7. The molecule has 4 rings (SSSR count). The van der Waals surface area contributed by atoms with E-state index in [2.05, 4.69) is 53.5 Å². The number of hydrogen-bond donors (Lipinski definition) is 1. The first-order valence-electron chi connectivity index (χ1n) is 8.54. The van der Waals surface area contributed by atoms with Crippen LogP contribution in [-0.4, -0.2) is 41.0 Å². The molecule has 1 aliphatic rings. The van der Waals surface area contributed by atoms with Crippen LogP contribution in [0.4, 0.5) is 0 Å². The Morgan fingerprint density at radius 2 is 2.04 bits per heavy atom. The summed E-state index contributed by atoms with van der Waals surface area (Å²) in [5.41, 5.74) is 3.38. The minimum absolute atomic E-state index is 0.142. The molecule has 3 heterocycles. The van der Waals surface area contributed by atoms with Gasteiger partial charge >= 0.3 is 0 Å². The van der Waals surface area contributed by atoms with Gasteiger partial charge in [-0.05, 0) is 43.7 Å². The molecule has 0 amide bonds. The van der Waals surface area contributed by atoms with Gasteiger partial charge in [0.2, 0.25) is 0 Å². The molecule has 24 heavy (non-hydrogen) atoms. The fourth-order valence-corrected chi connectivity index (χ4v) is 4.36. The Kier molecular flexibility index (Phi) is 4.56. The second-order valence-electron chi connectivity index (χ2n) is 6.32. The lowest BCUT2D eigenvalue weighted by atomic mass is 10.1. The lowest BCUT2D eigenvalue weighted by Crippen LogP contribution is -2.33. The molecule has 4 nitrogen and oxygen atoms in total. The molecule has 1 fully saturated rings. The van der Waals surface area contributed by atoms with Crippen LogP contribution < -0.4 is 5.32 Å². The molecule has 2 aromatic heterocycles. The van der Waals surface area contributed by atoms with Crippen molar-refractivity contribution >= 4 is 21.6 Å². The summed E-state index contributed by atoms with van der Waals surface area (Å²) in [5, 5.41) is 4.64. The standard InChI is InChI=1S/C19H22N4S/c1-14-7-8-16(21-13-14)18(23-11-4-9-20-10-12-23)19-22-15-5-2-3-6-17(15)24-19/h2-3,5-8,13,18,20H,4,9-12H2,1H3. The van der Waals surface area contributed by atoms with Crippen LogP contribution in [0.3, 0.4) is 0 Å². The van der Waals surface area contributed by atoms with Gasteiger partial charge < -0.3 is 5.32 Å². The summed E-state index contributed by atoms with van der Waals surface area (Å²) in [6.45, 7) is 6.29. The highest BCUT2D eigenvalue weighted by atomic mass is 32.1. The molecule has 0 spiro atoms. The second kappa shape index (κ2) is 6.97. The van der Waals surface area contributed by atoms with Crippen molar-refractivity contribution in [2.45, 2.75) is 19.4 Å². The van der Waals surface area contributed by atoms with Gasteiger partial charge in [-0.1, -0.05) is 18.2 Å². The molecular weight excluding hydrogens is 316 g/mol. The van der Waals surface area contributed by atoms with Crippen molar-refractivity contribution in [3.05, 3.63) is 58.9 Å². The van der Waals surface area contributed by atoms with Gasteiger partial charge in [0.05, 0.1) is 15.9 Å². The largest absolute Gasteiger partial charge is 0.315 e. The number of nitrogens with zero attached hydrogens (tertiary/aromatic N) is 3. The third kappa shape index (κ3) is 3.20. The molecule has 0 bridgehead atoms. The summed E-state index contributed by atoms with van der Waals surface area (Å²) in [6, 6.07) is 12.8. The number of thiazole rings is 1. The maximum atomic E-state index is 4.93. The molecule has 1 aliphatic heterocycles. The molecule has 0 radical (unpaired) electrons. The minimum atomic E-state index is 0.142. The minimum Gasteiger partial charge on any atom is -0.315 e. The first-order valence-corrected chi connectivity index (χ1v) is 9.36. The fraction of sp³-hybridized carbons (Fsp3) is 0.368. The van der Waals surface area contributed by atoms with Gasteiger partial charge in [0.25, 0.3) is 0 Å². The molecule has 3 aromatic rings. The molecule has 5 heteroatoms. The van der Waals surface area contributed by atoms with E-state index in [0.29, 0.717) is 0 Å². The van der Waals surface area contributed by atoms with Gasteiger partial charge in [-0.15, -0.1) is 11.3 Å². The van der Waals surface area contributed by atoms with E-state index >= 15 is 0 Å². The predicted octanol–water partition coefficient (Wildman–Crippen LogP) is 3.38. The highest BCUT2D eigenvalue weighted by Gasteiger charge is 2.27.